The molecule has 0 saturated carbocycles. The number of nitrogens with zero attached hydrogens (tertiary/aromatic N) is 2. The zero-order valence-electron chi connectivity index (χ0n) is 7.40. The van der Waals surface area contributed by atoms with E-state index in [4.69, 9.17) is 0 Å². The first-order chi connectivity index (χ1) is 5.90. The van der Waals surface area contributed by atoms with Crippen LogP contribution in [0.25, 0.3) is 10.9 Å². The number of benzene rings is 1. The Labute approximate surface area is 83.4 Å². The molecule has 0 N–H and O–H groups in total. The van der Waals surface area contributed by atoms with E-state index in [1.165, 1.54) is 0 Å². The molecule has 68 valence electrons. The van der Waals surface area contributed by atoms with Gasteiger partial charge < -0.3 is 0 Å². The molecule has 0 aliphatic carbocycles. The van der Waals surface area contributed by atoms with Gasteiger partial charge in [0.15, 0.2) is 0 Å². The van der Waals surface area contributed by atoms with Crippen LogP contribution in [0.2, 0.25) is 0 Å². The zero-order chi connectivity index (χ0) is 8.39. The summed E-state index contributed by atoms with van der Waals surface area (Å²) in [5.41, 5.74) is 1.03. The van der Waals surface area contributed by atoms with Crippen molar-refractivity contribution in [3.63, 3.8) is 0 Å². The number of hydrogen-bond acceptors (Lipinski definition) is 2. The maximum Gasteiger partial charge on any atom is 0.128 e. The van der Waals surface area contributed by atoms with Crippen molar-refractivity contribution in [1.82, 2.24) is 9.97 Å². The highest BCUT2D eigenvalue weighted by Gasteiger charge is 1.95. The predicted molar refractivity (Wildman–Crippen MR) is 56.2 cm³/mol. The van der Waals surface area contributed by atoms with E-state index in [9.17, 15) is 0 Å². The van der Waals surface area contributed by atoms with Crippen LogP contribution in [0.1, 0.15) is 12.7 Å². The fourth-order valence-corrected chi connectivity index (χ4v) is 1.18. The third-order valence-corrected chi connectivity index (χ3v) is 1.86. The van der Waals surface area contributed by atoms with Gasteiger partial charge in [-0.25, -0.2) is 9.97 Å². The lowest BCUT2D eigenvalue weighted by Gasteiger charge is -1.97. The molecule has 2 nitrogen and oxygen atoms in total. The van der Waals surface area contributed by atoms with Gasteiger partial charge in [-0.2, -0.15) is 0 Å². The highest BCUT2D eigenvalue weighted by atomic mass is 35.5. The normalized spacial score (nSPS) is 9.62. The van der Waals surface area contributed by atoms with E-state index >= 15 is 0 Å². The molecule has 3 heteroatoms. The number of halogens is 1. The summed E-state index contributed by atoms with van der Waals surface area (Å²) < 4.78 is 0. The molecular weight excluding hydrogens is 184 g/mol. The van der Waals surface area contributed by atoms with Gasteiger partial charge in [0.2, 0.25) is 0 Å². The molecule has 2 rings (SSSR count). The summed E-state index contributed by atoms with van der Waals surface area (Å²) in [6.07, 6.45) is 2.77. The summed E-state index contributed by atoms with van der Waals surface area (Å²) in [6.45, 7) is 2.06. The lowest BCUT2D eigenvalue weighted by atomic mass is 10.2. The fourth-order valence-electron chi connectivity index (χ4n) is 1.18. The first-order valence-electron chi connectivity index (χ1n) is 4.11. The molecule has 0 amide bonds. The first-order valence-corrected chi connectivity index (χ1v) is 4.11. The van der Waals surface area contributed by atoms with E-state index in [1.807, 2.05) is 30.5 Å². The standard InChI is InChI=1S/C10H10N2.ClH/c1-2-10-11-7-8-5-3-4-6-9(8)12-10;/h3-7H,2H2,1H3;1H. The van der Waals surface area contributed by atoms with Gasteiger partial charge in [0.1, 0.15) is 5.82 Å². The van der Waals surface area contributed by atoms with E-state index < -0.39 is 0 Å². The molecule has 0 spiro atoms. The Hall–Kier alpha value is -1.15. The van der Waals surface area contributed by atoms with Crippen molar-refractivity contribution in [2.24, 2.45) is 0 Å². The Bertz CT molecular complexity index is 401. The monoisotopic (exact) mass is 194 g/mol. The van der Waals surface area contributed by atoms with Crippen LogP contribution in [0, 0.1) is 0 Å². The molecule has 0 aliphatic heterocycles. The number of fused-ring (bicyclic) bond motifs is 1. The first kappa shape index (κ1) is 9.93. The lowest BCUT2D eigenvalue weighted by molar-refractivity contribution is 0.961. The summed E-state index contributed by atoms with van der Waals surface area (Å²) in [4.78, 5) is 8.60. The molecular formula is C10H11ClN2. The van der Waals surface area contributed by atoms with E-state index in [1.54, 1.807) is 0 Å². The highest BCUT2D eigenvalue weighted by Crippen LogP contribution is 2.09. The number of para-hydroxylation sites is 1. The van der Waals surface area contributed by atoms with Gasteiger partial charge >= 0.3 is 0 Å². The fraction of sp³-hybridized carbons (Fsp3) is 0.200. The molecule has 0 bridgehead atoms. The molecule has 1 aromatic heterocycles. The average molecular weight is 195 g/mol. The van der Waals surface area contributed by atoms with Gasteiger partial charge in [-0.3, -0.25) is 0 Å². The van der Waals surface area contributed by atoms with Crippen LogP contribution in [-0.2, 0) is 6.42 Å². The summed E-state index contributed by atoms with van der Waals surface area (Å²) in [7, 11) is 0. The Morgan fingerprint density at radius 2 is 2.00 bits per heavy atom. The summed E-state index contributed by atoms with van der Waals surface area (Å²) >= 11 is 0. The second-order valence-electron chi connectivity index (χ2n) is 2.70. The minimum Gasteiger partial charge on any atom is -0.241 e. The third kappa shape index (κ3) is 1.95. The maximum atomic E-state index is 4.38. The molecule has 1 heterocycles. The van der Waals surface area contributed by atoms with Gasteiger partial charge in [0, 0.05) is 18.0 Å². The second-order valence-corrected chi connectivity index (χ2v) is 2.70. The Balaban J connectivity index is 0.000000845. The number of hydrogen-bond donors (Lipinski definition) is 0. The van der Waals surface area contributed by atoms with Crippen LogP contribution in [-0.4, -0.2) is 9.97 Å². The summed E-state index contributed by atoms with van der Waals surface area (Å²) in [5, 5.41) is 1.11. The quantitative estimate of drug-likeness (QED) is 0.698. The maximum absolute atomic E-state index is 4.38. The van der Waals surface area contributed by atoms with Crippen molar-refractivity contribution in [2.45, 2.75) is 13.3 Å². The van der Waals surface area contributed by atoms with Crippen LogP contribution >= 0.6 is 12.4 Å². The average Bonchev–Trinajstić information content (AvgIpc) is 2.17. The molecule has 1 aromatic carbocycles. The van der Waals surface area contributed by atoms with Gasteiger partial charge in [-0.15, -0.1) is 12.4 Å². The molecule has 2 aromatic rings. The SMILES string of the molecule is CCc1ncc2ccccc2n1.Cl. The van der Waals surface area contributed by atoms with Gasteiger partial charge in [-0.1, -0.05) is 25.1 Å². The Morgan fingerprint density at radius 3 is 2.77 bits per heavy atom. The molecule has 0 radical (unpaired) electrons. The van der Waals surface area contributed by atoms with Gasteiger partial charge in [0.25, 0.3) is 0 Å². The van der Waals surface area contributed by atoms with Crippen LogP contribution in [0.15, 0.2) is 30.5 Å². The smallest absolute Gasteiger partial charge is 0.128 e. The molecule has 0 fully saturated rings. The van der Waals surface area contributed by atoms with E-state index in [-0.39, 0.29) is 12.4 Å². The van der Waals surface area contributed by atoms with Gasteiger partial charge in [0.05, 0.1) is 5.52 Å². The minimum atomic E-state index is 0. The topological polar surface area (TPSA) is 25.8 Å². The van der Waals surface area contributed by atoms with Crippen LogP contribution in [0.4, 0.5) is 0 Å². The van der Waals surface area contributed by atoms with Crippen molar-refractivity contribution in [3.8, 4) is 0 Å². The molecule has 0 aliphatic rings. The predicted octanol–water partition coefficient (Wildman–Crippen LogP) is 2.61. The van der Waals surface area contributed by atoms with E-state index in [2.05, 4.69) is 16.9 Å². The van der Waals surface area contributed by atoms with Crippen molar-refractivity contribution < 1.29 is 0 Å². The number of aromatic nitrogens is 2. The lowest BCUT2D eigenvalue weighted by Crippen LogP contribution is -1.91. The summed E-state index contributed by atoms with van der Waals surface area (Å²) in [6, 6.07) is 8.02. The Kier molecular flexibility index (Phi) is 3.20. The van der Waals surface area contributed by atoms with E-state index in [0.29, 0.717) is 0 Å². The molecule has 0 unspecified atom stereocenters. The largest absolute Gasteiger partial charge is 0.241 e. The van der Waals surface area contributed by atoms with Gasteiger partial charge in [-0.05, 0) is 6.07 Å². The minimum absolute atomic E-state index is 0. The van der Waals surface area contributed by atoms with Crippen molar-refractivity contribution >= 4 is 23.3 Å². The Morgan fingerprint density at radius 1 is 1.23 bits per heavy atom. The molecule has 0 atom stereocenters. The van der Waals surface area contributed by atoms with Crippen LogP contribution in [0.5, 0.6) is 0 Å². The summed E-state index contributed by atoms with van der Waals surface area (Å²) in [5.74, 6) is 0.911. The molecule has 13 heavy (non-hydrogen) atoms. The number of aryl methyl sites for hydroxylation is 1. The number of rotatable bonds is 1. The highest BCUT2D eigenvalue weighted by molar-refractivity contribution is 5.85. The van der Waals surface area contributed by atoms with Crippen LogP contribution < -0.4 is 0 Å². The van der Waals surface area contributed by atoms with E-state index in [0.717, 1.165) is 23.1 Å². The second kappa shape index (κ2) is 4.19. The van der Waals surface area contributed by atoms with Crippen molar-refractivity contribution in [2.75, 3.05) is 0 Å². The van der Waals surface area contributed by atoms with Crippen LogP contribution in [0.3, 0.4) is 0 Å². The van der Waals surface area contributed by atoms with Crippen molar-refractivity contribution in [1.29, 1.82) is 0 Å². The molecule has 0 saturated heterocycles. The van der Waals surface area contributed by atoms with Crippen molar-refractivity contribution in [3.05, 3.63) is 36.3 Å². The third-order valence-electron chi connectivity index (χ3n) is 1.86. The zero-order valence-corrected chi connectivity index (χ0v) is 8.21.